The van der Waals surface area contributed by atoms with E-state index in [2.05, 4.69) is 40.6 Å². The Hall–Kier alpha value is -3.61. The van der Waals surface area contributed by atoms with Crippen molar-refractivity contribution in [2.24, 2.45) is 5.92 Å². The molecule has 5 rings (SSSR count). The number of nitrogens with zero attached hydrogens (tertiary/aromatic N) is 2. The van der Waals surface area contributed by atoms with Gasteiger partial charge >= 0.3 is 6.09 Å². The molecule has 36 heavy (non-hydrogen) atoms. The number of rotatable bonds is 4. The zero-order valence-corrected chi connectivity index (χ0v) is 21.3. The second-order valence-corrected chi connectivity index (χ2v) is 10.8. The average Bonchev–Trinajstić information content (AvgIpc) is 3.28. The molecule has 2 amide bonds. The molecule has 7 heteroatoms. The molecule has 3 heterocycles. The predicted molar refractivity (Wildman–Crippen MR) is 139 cm³/mol. The van der Waals surface area contributed by atoms with E-state index in [4.69, 9.17) is 9.47 Å². The van der Waals surface area contributed by atoms with Crippen LogP contribution in [-0.4, -0.2) is 46.7 Å². The summed E-state index contributed by atoms with van der Waals surface area (Å²) in [5, 5.41) is 3.84. The van der Waals surface area contributed by atoms with Crippen LogP contribution < -0.4 is 10.1 Å². The quantitative estimate of drug-likeness (QED) is 0.554. The van der Waals surface area contributed by atoms with E-state index in [1.165, 1.54) is 5.56 Å². The number of hydrogen-bond acceptors (Lipinski definition) is 5. The van der Waals surface area contributed by atoms with Gasteiger partial charge in [-0.2, -0.15) is 0 Å². The molecule has 2 atom stereocenters. The van der Waals surface area contributed by atoms with Crippen LogP contribution >= 0.6 is 0 Å². The number of fused-ring (bicyclic) bond motifs is 2. The molecular formula is C29H33N3O4. The minimum atomic E-state index is -0.521. The van der Waals surface area contributed by atoms with E-state index >= 15 is 0 Å². The third-order valence-electron chi connectivity index (χ3n) is 6.87. The summed E-state index contributed by atoms with van der Waals surface area (Å²) in [5.74, 6) is 0.969. The smallest absolute Gasteiger partial charge is 0.410 e. The number of carbonyl (C=O) groups excluding carboxylic acids is 2. The molecule has 0 radical (unpaired) electrons. The summed E-state index contributed by atoms with van der Waals surface area (Å²) < 4.78 is 12.0. The fraction of sp³-hybridized carbons (Fsp3) is 0.414. The lowest BCUT2D eigenvalue weighted by molar-refractivity contribution is -0.119. The molecule has 188 valence electrons. The van der Waals surface area contributed by atoms with Gasteiger partial charge in [0.15, 0.2) is 0 Å². The highest BCUT2D eigenvalue weighted by atomic mass is 16.6. The lowest BCUT2D eigenvalue weighted by atomic mass is 9.94. The second-order valence-electron chi connectivity index (χ2n) is 10.8. The molecular weight excluding hydrogens is 454 g/mol. The van der Waals surface area contributed by atoms with Gasteiger partial charge < -0.3 is 19.7 Å². The van der Waals surface area contributed by atoms with Crippen LogP contribution in [0, 0.1) is 5.92 Å². The standard InChI is InChI=1S/C29H33N3O4/c1-18(22-15-27(33)31-16-22)35-26-14-21(13-25-24(26)6-5-10-30-25)20-8-7-19-9-11-32(17-23(19)12-20)28(34)36-29(2,3)4/h5-8,10,12-14,18,22H,9,11,15-17H2,1-4H3,(H,31,33)/t18-,22-/m1/s1. The van der Waals surface area contributed by atoms with Gasteiger partial charge in [-0.1, -0.05) is 12.1 Å². The van der Waals surface area contributed by atoms with Crippen molar-refractivity contribution in [1.82, 2.24) is 15.2 Å². The Labute approximate surface area is 211 Å². The van der Waals surface area contributed by atoms with Crippen LogP contribution in [0.4, 0.5) is 4.79 Å². The Balaban J connectivity index is 1.44. The number of carbonyl (C=O) groups is 2. The molecule has 0 bridgehead atoms. The molecule has 0 saturated carbocycles. The van der Waals surface area contributed by atoms with E-state index in [1.54, 1.807) is 11.1 Å². The van der Waals surface area contributed by atoms with Crippen molar-refractivity contribution in [2.45, 2.75) is 58.8 Å². The van der Waals surface area contributed by atoms with Gasteiger partial charge in [-0.25, -0.2) is 4.79 Å². The molecule has 1 aromatic heterocycles. The highest BCUT2D eigenvalue weighted by Crippen LogP contribution is 2.35. The summed E-state index contributed by atoms with van der Waals surface area (Å²) in [6, 6.07) is 14.5. The van der Waals surface area contributed by atoms with Crippen LogP contribution in [0.2, 0.25) is 0 Å². The third kappa shape index (κ3) is 5.15. The number of nitrogens with one attached hydrogen (secondary N) is 1. The molecule has 0 unspecified atom stereocenters. The lowest BCUT2D eigenvalue weighted by Gasteiger charge is -2.31. The molecule has 0 spiro atoms. The maximum absolute atomic E-state index is 12.7. The van der Waals surface area contributed by atoms with Gasteiger partial charge in [-0.3, -0.25) is 9.78 Å². The predicted octanol–water partition coefficient (Wildman–Crippen LogP) is 5.10. The Bertz CT molecular complexity index is 1310. The summed E-state index contributed by atoms with van der Waals surface area (Å²) in [6.45, 7) is 9.48. The Morgan fingerprint density at radius 1 is 1.14 bits per heavy atom. The van der Waals surface area contributed by atoms with Crippen molar-refractivity contribution in [3.8, 4) is 16.9 Å². The van der Waals surface area contributed by atoms with Gasteiger partial charge in [0.25, 0.3) is 0 Å². The zero-order valence-electron chi connectivity index (χ0n) is 21.3. The first-order chi connectivity index (χ1) is 17.2. The fourth-order valence-electron chi connectivity index (χ4n) is 4.89. The zero-order chi connectivity index (χ0) is 25.4. The van der Waals surface area contributed by atoms with Crippen LogP contribution in [0.3, 0.4) is 0 Å². The molecule has 1 saturated heterocycles. The van der Waals surface area contributed by atoms with E-state index < -0.39 is 5.60 Å². The highest BCUT2D eigenvalue weighted by Gasteiger charge is 2.29. The molecule has 2 aliphatic rings. The summed E-state index contributed by atoms with van der Waals surface area (Å²) in [7, 11) is 0. The van der Waals surface area contributed by atoms with E-state index in [9.17, 15) is 9.59 Å². The number of benzene rings is 2. The van der Waals surface area contributed by atoms with Gasteiger partial charge in [0, 0.05) is 43.6 Å². The van der Waals surface area contributed by atoms with Crippen molar-refractivity contribution >= 4 is 22.9 Å². The van der Waals surface area contributed by atoms with Gasteiger partial charge in [0.2, 0.25) is 5.91 Å². The van der Waals surface area contributed by atoms with E-state index in [-0.39, 0.29) is 24.0 Å². The van der Waals surface area contributed by atoms with E-state index in [1.807, 2.05) is 39.8 Å². The Kier molecular flexibility index (Phi) is 6.33. The van der Waals surface area contributed by atoms with E-state index in [0.717, 1.165) is 39.8 Å². The number of aromatic nitrogens is 1. The van der Waals surface area contributed by atoms with E-state index in [0.29, 0.717) is 26.1 Å². The average molecular weight is 488 g/mol. The van der Waals surface area contributed by atoms with Crippen molar-refractivity contribution in [3.05, 3.63) is 59.8 Å². The van der Waals surface area contributed by atoms with Gasteiger partial charge in [-0.15, -0.1) is 0 Å². The molecule has 2 aliphatic heterocycles. The first-order valence-electron chi connectivity index (χ1n) is 12.6. The first-order valence-corrected chi connectivity index (χ1v) is 12.6. The minimum Gasteiger partial charge on any atom is -0.490 e. The molecule has 0 aliphatic carbocycles. The topological polar surface area (TPSA) is 80.8 Å². The molecule has 7 nitrogen and oxygen atoms in total. The van der Waals surface area contributed by atoms with Gasteiger partial charge in [-0.05, 0) is 86.7 Å². The molecule has 1 N–H and O–H groups in total. The van der Waals surface area contributed by atoms with Crippen LogP contribution in [0.1, 0.15) is 45.2 Å². The van der Waals surface area contributed by atoms with Crippen LogP contribution in [0.25, 0.3) is 22.0 Å². The number of pyridine rings is 1. The molecule has 1 fully saturated rings. The normalized spacial score (nSPS) is 18.5. The first kappa shape index (κ1) is 24.1. The maximum atomic E-state index is 12.7. The maximum Gasteiger partial charge on any atom is 0.410 e. The van der Waals surface area contributed by atoms with Crippen molar-refractivity contribution in [3.63, 3.8) is 0 Å². The van der Waals surface area contributed by atoms with Gasteiger partial charge in [0.1, 0.15) is 17.5 Å². The number of ether oxygens (including phenoxy) is 2. The van der Waals surface area contributed by atoms with Crippen molar-refractivity contribution in [2.75, 3.05) is 13.1 Å². The Morgan fingerprint density at radius 2 is 1.97 bits per heavy atom. The summed E-state index contributed by atoms with van der Waals surface area (Å²) in [6.07, 6.45) is 2.67. The van der Waals surface area contributed by atoms with Crippen molar-refractivity contribution < 1.29 is 19.1 Å². The summed E-state index contributed by atoms with van der Waals surface area (Å²) in [4.78, 5) is 30.7. The van der Waals surface area contributed by atoms with Crippen LogP contribution in [0.5, 0.6) is 5.75 Å². The monoisotopic (exact) mass is 487 g/mol. The highest BCUT2D eigenvalue weighted by molar-refractivity contribution is 5.90. The second kappa shape index (κ2) is 9.45. The number of hydrogen-bond donors (Lipinski definition) is 1. The minimum absolute atomic E-state index is 0.0743. The molecule has 2 aromatic carbocycles. The lowest BCUT2D eigenvalue weighted by Crippen LogP contribution is -2.39. The largest absolute Gasteiger partial charge is 0.490 e. The molecule has 3 aromatic rings. The van der Waals surface area contributed by atoms with Crippen molar-refractivity contribution in [1.29, 1.82) is 0 Å². The fourth-order valence-corrected chi connectivity index (χ4v) is 4.89. The van der Waals surface area contributed by atoms with Gasteiger partial charge in [0.05, 0.1) is 5.52 Å². The van der Waals surface area contributed by atoms with Crippen LogP contribution in [-0.2, 0) is 22.5 Å². The number of amides is 2. The third-order valence-corrected chi connectivity index (χ3v) is 6.87. The SMILES string of the molecule is C[C@@H](Oc1cc(-c2ccc3c(c2)CN(C(=O)OC(C)(C)C)CC3)cc2ncccc12)[C@H]1CNC(=O)C1. The summed E-state index contributed by atoms with van der Waals surface area (Å²) >= 11 is 0. The Morgan fingerprint density at radius 3 is 2.72 bits per heavy atom. The van der Waals surface area contributed by atoms with Crippen LogP contribution in [0.15, 0.2) is 48.7 Å². The summed E-state index contributed by atoms with van der Waals surface area (Å²) in [5.41, 5.74) is 4.75.